The van der Waals surface area contributed by atoms with E-state index in [-0.39, 0.29) is 21.9 Å². The van der Waals surface area contributed by atoms with Crippen LogP contribution >= 0.6 is 11.6 Å². The van der Waals surface area contributed by atoms with E-state index >= 15 is 0 Å². The first-order valence-corrected chi connectivity index (χ1v) is 9.67. The lowest BCUT2D eigenvalue weighted by atomic mass is 10.0. The summed E-state index contributed by atoms with van der Waals surface area (Å²) in [5.41, 5.74) is 0.656. The van der Waals surface area contributed by atoms with E-state index in [0.29, 0.717) is 25.1 Å². The fourth-order valence-electron chi connectivity index (χ4n) is 3.05. The maximum Gasteiger partial charge on any atom is 0.245 e. The van der Waals surface area contributed by atoms with Gasteiger partial charge < -0.3 is 5.32 Å². The van der Waals surface area contributed by atoms with Crippen LogP contribution in [0.3, 0.4) is 0 Å². The van der Waals surface area contributed by atoms with Crippen LogP contribution in [-0.2, 0) is 14.8 Å². The number of benzene rings is 1. The lowest BCUT2D eigenvalue weighted by Crippen LogP contribution is -2.45. The molecular formula is C16H23ClN2O3S. The summed E-state index contributed by atoms with van der Waals surface area (Å²) >= 11 is 6.16. The summed E-state index contributed by atoms with van der Waals surface area (Å²) in [6, 6.07) is 5.02. The Labute approximate surface area is 143 Å². The summed E-state index contributed by atoms with van der Waals surface area (Å²) < 4.78 is 27.7. The van der Waals surface area contributed by atoms with Gasteiger partial charge in [-0.3, -0.25) is 4.79 Å². The van der Waals surface area contributed by atoms with Crippen molar-refractivity contribution in [3.05, 3.63) is 28.8 Å². The van der Waals surface area contributed by atoms with E-state index < -0.39 is 10.0 Å². The van der Waals surface area contributed by atoms with E-state index in [4.69, 9.17) is 11.6 Å². The van der Waals surface area contributed by atoms with Crippen LogP contribution < -0.4 is 5.32 Å². The largest absolute Gasteiger partial charge is 0.356 e. The second-order valence-corrected chi connectivity index (χ2v) is 8.16. The van der Waals surface area contributed by atoms with Crippen molar-refractivity contribution in [2.75, 3.05) is 13.1 Å². The Kier molecular flexibility index (Phi) is 6.06. The van der Waals surface area contributed by atoms with Gasteiger partial charge in [0.25, 0.3) is 0 Å². The number of carbonyl (C=O) groups is 1. The molecule has 128 valence electrons. The van der Waals surface area contributed by atoms with Gasteiger partial charge in [0.2, 0.25) is 15.9 Å². The normalized spacial score (nSPS) is 19.5. The molecule has 1 N–H and O–H groups in total. The third kappa shape index (κ3) is 4.25. The number of carbonyl (C=O) groups excluding carboxylic acids is 1. The molecule has 7 heteroatoms. The molecule has 23 heavy (non-hydrogen) atoms. The topological polar surface area (TPSA) is 66.5 Å². The Morgan fingerprint density at radius 3 is 2.78 bits per heavy atom. The Hall–Kier alpha value is -1.11. The summed E-state index contributed by atoms with van der Waals surface area (Å²) in [4.78, 5) is 11.2. The van der Waals surface area contributed by atoms with Gasteiger partial charge in [-0.05, 0) is 37.8 Å². The lowest BCUT2D eigenvalue weighted by molar-refractivity contribution is -0.119. The lowest BCUT2D eigenvalue weighted by Gasteiger charge is -2.35. The van der Waals surface area contributed by atoms with E-state index in [1.165, 1.54) is 6.92 Å². The summed E-state index contributed by atoms with van der Waals surface area (Å²) in [6.07, 6.45) is 3.27. The van der Waals surface area contributed by atoms with E-state index in [1.54, 1.807) is 29.4 Å². The molecule has 0 aromatic heterocycles. The van der Waals surface area contributed by atoms with Crippen LogP contribution in [0.5, 0.6) is 0 Å². The van der Waals surface area contributed by atoms with Crippen LogP contribution in [0.2, 0.25) is 5.02 Å². The zero-order valence-electron chi connectivity index (χ0n) is 13.5. The molecule has 1 fully saturated rings. The molecule has 2 rings (SSSR count). The molecule has 1 heterocycles. The molecule has 0 spiro atoms. The van der Waals surface area contributed by atoms with Crippen LogP contribution in [-0.4, -0.2) is 37.8 Å². The number of hydrogen-bond donors (Lipinski definition) is 1. The van der Waals surface area contributed by atoms with Crippen LogP contribution in [0.4, 0.5) is 0 Å². The molecular weight excluding hydrogens is 336 g/mol. The van der Waals surface area contributed by atoms with Gasteiger partial charge >= 0.3 is 0 Å². The minimum absolute atomic E-state index is 0.0998. The highest BCUT2D eigenvalue weighted by Gasteiger charge is 2.35. The summed E-state index contributed by atoms with van der Waals surface area (Å²) in [5, 5.41) is 3.00. The van der Waals surface area contributed by atoms with Gasteiger partial charge in [-0.2, -0.15) is 4.31 Å². The zero-order chi connectivity index (χ0) is 17.0. The van der Waals surface area contributed by atoms with Gasteiger partial charge in [-0.1, -0.05) is 30.2 Å². The molecule has 1 aliphatic rings. The van der Waals surface area contributed by atoms with Crippen molar-refractivity contribution in [3.63, 3.8) is 0 Å². The minimum Gasteiger partial charge on any atom is -0.356 e. The monoisotopic (exact) mass is 358 g/mol. The van der Waals surface area contributed by atoms with Gasteiger partial charge in [-0.25, -0.2) is 8.42 Å². The summed E-state index contributed by atoms with van der Waals surface area (Å²) in [7, 11) is -3.63. The summed E-state index contributed by atoms with van der Waals surface area (Å²) in [6.45, 7) is 4.20. The highest BCUT2D eigenvalue weighted by molar-refractivity contribution is 7.89. The first kappa shape index (κ1) is 18.2. The predicted octanol–water partition coefficient (Wildman–Crippen LogP) is 2.72. The summed E-state index contributed by atoms with van der Waals surface area (Å²) in [5.74, 6) is -0.0998. The number of sulfonamides is 1. The smallest absolute Gasteiger partial charge is 0.245 e. The van der Waals surface area contributed by atoms with E-state index in [1.807, 2.05) is 0 Å². The van der Waals surface area contributed by atoms with Crippen LogP contribution in [0.25, 0.3) is 0 Å². The van der Waals surface area contributed by atoms with E-state index in [9.17, 15) is 13.2 Å². The predicted molar refractivity (Wildman–Crippen MR) is 91.0 cm³/mol. The van der Waals surface area contributed by atoms with Crippen molar-refractivity contribution >= 4 is 27.5 Å². The first-order chi connectivity index (χ1) is 10.8. The molecule has 1 aromatic rings. The molecule has 5 nitrogen and oxygen atoms in total. The Morgan fingerprint density at radius 2 is 2.13 bits per heavy atom. The number of halogens is 1. The number of piperidine rings is 1. The standard InChI is InChI=1S/C16H23ClN2O3S/c1-12-6-5-8-15(17)16(12)23(21,22)19-11-4-3-7-14(19)9-10-18-13(2)20/h5-6,8,14H,3-4,7,9-11H2,1-2H3,(H,18,20)/t14-/m0/s1. The van der Waals surface area contributed by atoms with Gasteiger partial charge in [0, 0.05) is 26.1 Å². The molecule has 1 aromatic carbocycles. The van der Waals surface area contributed by atoms with Crippen LogP contribution in [0.15, 0.2) is 23.1 Å². The van der Waals surface area contributed by atoms with Crippen molar-refractivity contribution in [2.45, 2.75) is 50.5 Å². The quantitative estimate of drug-likeness (QED) is 0.880. The highest BCUT2D eigenvalue weighted by Crippen LogP contribution is 2.32. The SMILES string of the molecule is CC(=O)NCC[C@@H]1CCCCN1S(=O)(=O)c1c(C)cccc1Cl. The first-order valence-electron chi connectivity index (χ1n) is 7.85. The highest BCUT2D eigenvalue weighted by atomic mass is 35.5. The second-order valence-electron chi connectivity index (χ2n) is 5.92. The number of aryl methyl sites for hydroxylation is 1. The average molecular weight is 359 g/mol. The van der Waals surface area contributed by atoms with Gasteiger partial charge in [0.15, 0.2) is 0 Å². The van der Waals surface area contributed by atoms with Crippen molar-refractivity contribution in [3.8, 4) is 0 Å². The van der Waals surface area contributed by atoms with Crippen LogP contribution in [0, 0.1) is 6.92 Å². The maximum atomic E-state index is 13.1. The Bertz CT molecular complexity index is 656. The van der Waals surface area contributed by atoms with Gasteiger partial charge in [0.1, 0.15) is 4.90 Å². The molecule has 1 saturated heterocycles. The molecule has 1 aliphatic heterocycles. The average Bonchev–Trinajstić information content (AvgIpc) is 2.47. The number of nitrogens with one attached hydrogen (secondary N) is 1. The number of rotatable bonds is 5. The van der Waals surface area contributed by atoms with Crippen LogP contribution in [0.1, 0.15) is 38.2 Å². The minimum atomic E-state index is -3.63. The molecule has 0 radical (unpaired) electrons. The van der Waals surface area contributed by atoms with Crippen molar-refractivity contribution in [2.24, 2.45) is 0 Å². The number of hydrogen-bond acceptors (Lipinski definition) is 3. The maximum absolute atomic E-state index is 13.1. The second kappa shape index (κ2) is 7.64. The molecule has 1 amide bonds. The molecule has 0 saturated carbocycles. The third-order valence-electron chi connectivity index (χ3n) is 4.16. The number of nitrogens with zero attached hydrogens (tertiary/aromatic N) is 1. The van der Waals surface area contributed by atoms with Gasteiger partial charge in [-0.15, -0.1) is 0 Å². The van der Waals surface area contributed by atoms with Crippen molar-refractivity contribution < 1.29 is 13.2 Å². The van der Waals surface area contributed by atoms with Crippen molar-refractivity contribution in [1.29, 1.82) is 0 Å². The Balaban J connectivity index is 2.26. The third-order valence-corrected chi connectivity index (χ3v) is 6.74. The van der Waals surface area contributed by atoms with E-state index in [0.717, 1.165) is 19.3 Å². The molecule has 0 unspecified atom stereocenters. The van der Waals surface area contributed by atoms with Gasteiger partial charge in [0.05, 0.1) is 5.02 Å². The Morgan fingerprint density at radius 1 is 1.39 bits per heavy atom. The zero-order valence-corrected chi connectivity index (χ0v) is 15.1. The molecule has 1 atom stereocenters. The molecule has 0 aliphatic carbocycles. The fourth-order valence-corrected chi connectivity index (χ4v) is 5.57. The van der Waals surface area contributed by atoms with E-state index in [2.05, 4.69) is 5.32 Å². The van der Waals surface area contributed by atoms with Crippen molar-refractivity contribution in [1.82, 2.24) is 9.62 Å². The molecule has 0 bridgehead atoms. The fraction of sp³-hybridized carbons (Fsp3) is 0.562. The number of amides is 1.